The molecule has 3 N–H and O–H groups in total. The molecule has 17 heavy (non-hydrogen) atoms. The number of amides is 1. The molecule has 0 saturated heterocycles. The van der Waals surface area contributed by atoms with Crippen LogP contribution in [0.2, 0.25) is 0 Å². The largest absolute Gasteiger partial charge is 0.455 e. The standard InChI is InChI=1S/C11H14N4O2/c1-7-9(6-15(2)14-7)13-11(16)10-4-3-8(5-12)17-10/h3-4,6H,5,12H2,1-2H3,(H,13,16). The van der Waals surface area contributed by atoms with Crippen molar-refractivity contribution in [1.82, 2.24) is 9.78 Å². The quantitative estimate of drug-likeness (QED) is 0.830. The summed E-state index contributed by atoms with van der Waals surface area (Å²) in [5.41, 5.74) is 6.83. The first-order valence-electron chi connectivity index (χ1n) is 5.20. The molecule has 6 nitrogen and oxygen atoms in total. The second-order valence-electron chi connectivity index (χ2n) is 3.73. The summed E-state index contributed by atoms with van der Waals surface area (Å²) in [4.78, 5) is 11.8. The normalized spacial score (nSPS) is 10.5. The van der Waals surface area contributed by atoms with E-state index in [-0.39, 0.29) is 18.2 Å². The number of nitrogens with one attached hydrogen (secondary N) is 1. The van der Waals surface area contributed by atoms with Crippen LogP contribution >= 0.6 is 0 Å². The summed E-state index contributed by atoms with van der Waals surface area (Å²) in [5, 5.41) is 6.86. The van der Waals surface area contributed by atoms with Crippen LogP contribution in [0.5, 0.6) is 0 Å². The Labute approximate surface area is 98.4 Å². The van der Waals surface area contributed by atoms with Gasteiger partial charge in [-0.3, -0.25) is 9.48 Å². The molecule has 0 aliphatic heterocycles. The van der Waals surface area contributed by atoms with Crippen LogP contribution in [-0.4, -0.2) is 15.7 Å². The number of nitrogens with two attached hydrogens (primary N) is 1. The summed E-state index contributed by atoms with van der Waals surface area (Å²) < 4.78 is 6.89. The molecule has 0 unspecified atom stereocenters. The number of carbonyl (C=O) groups excluding carboxylic acids is 1. The molecular formula is C11H14N4O2. The highest BCUT2D eigenvalue weighted by molar-refractivity contribution is 6.02. The van der Waals surface area contributed by atoms with Crippen LogP contribution in [0.3, 0.4) is 0 Å². The van der Waals surface area contributed by atoms with Gasteiger partial charge < -0.3 is 15.5 Å². The Bertz CT molecular complexity index is 541. The molecule has 0 bridgehead atoms. The molecule has 0 aliphatic rings. The highest BCUT2D eigenvalue weighted by atomic mass is 16.4. The second kappa shape index (κ2) is 4.42. The third kappa shape index (κ3) is 2.36. The second-order valence-corrected chi connectivity index (χ2v) is 3.73. The predicted octanol–water partition coefficient (Wildman–Crippen LogP) is 1.03. The zero-order valence-corrected chi connectivity index (χ0v) is 9.73. The number of hydrogen-bond acceptors (Lipinski definition) is 4. The van der Waals surface area contributed by atoms with Gasteiger partial charge in [0.15, 0.2) is 5.76 Å². The van der Waals surface area contributed by atoms with E-state index >= 15 is 0 Å². The maximum Gasteiger partial charge on any atom is 0.291 e. The minimum Gasteiger partial charge on any atom is -0.455 e. The molecule has 2 aromatic rings. The lowest BCUT2D eigenvalue weighted by molar-refractivity contribution is 0.0995. The Balaban J connectivity index is 2.14. The van der Waals surface area contributed by atoms with Gasteiger partial charge in [0.2, 0.25) is 0 Å². The van der Waals surface area contributed by atoms with Crippen molar-refractivity contribution in [2.24, 2.45) is 12.8 Å². The van der Waals surface area contributed by atoms with E-state index in [0.29, 0.717) is 11.4 Å². The molecule has 0 saturated carbocycles. The average molecular weight is 234 g/mol. The van der Waals surface area contributed by atoms with E-state index in [1.165, 1.54) is 0 Å². The molecule has 90 valence electrons. The van der Waals surface area contributed by atoms with Gasteiger partial charge in [-0.2, -0.15) is 5.10 Å². The third-order valence-corrected chi connectivity index (χ3v) is 2.35. The van der Waals surface area contributed by atoms with Gasteiger partial charge in [-0.05, 0) is 19.1 Å². The van der Waals surface area contributed by atoms with Gasteiger partial charge >= 0.3 is 0 Å². The van der Waals surface area contributed by atoms with Crippen LogP contribution in [-0.2, 0) is 13.6 Å². The number of furan rings is 1. The van der Waals surface area contributed by atoms with Crippen molar-refractivity contribution in [3.8, 4) is 0 Å². The first kappa shape index (κ1) is 11.4. The molecule has 1 amide bonds. The molecule has 0 aliphatic carbocycles. The lowest BCUT2D eigenvalue weighted by atomic mass is 10.3. The molecule has 2 aromatic heterocycles. The lowest BCUT2D eigenvalue weighted by Crippen LogP contribution is -2.11. The van der Waals surface area contributed by atoms with Gasteiger partial charge in [-0.15, -0.1) is 0 Å². The van der Waals surface area contributed by atoms with Gasteiger partial charge in [0.05, 0.1) is 17.9 Å². The van der Waals surface area contributed by atoms with Gasteiger partial charge in [0, 0.05) is 13.2 Å². The smallest absolute Gasteiger partial charge is 0.291 e. The summed E-state index contributed by atoms with van der Waals surface area (Å²) in [5.74, 6) is 0.521. The molecule has 0 spiro atoms. The maximum absolute atomic E-state index is 11.8. The van der Waals surface area contributed by atoms with Crippen LogP contribution in [0, 0.1) is 6.92 Å². The van der Waals surface area contributed by atoms with Gasteiger partial charge in [-0.1, -0.05) is 0 Å². The van der Waals surface area contributed by atoms with Crippen molar-refractivity contribution in [3.05, 3.63) is 35.5 Å². The fourth-order valence-corrected chi connectivity index (χ4v) is 1.52. The van der Waals surface area contributed by atoms with Crippen LogP contribution in [0.1, 0.15) is 22.0 Å². The van der Waals surface area contributed by atoms with E-state index in [0.717, 1.165) is 5.69 Å². The van der Waals surface area contributed by atoms with Crippen molar-refractivity contribution in [2.75, 3.05) is 5.32 Å². The van der Waals surface area contributed by atoms with Gasteiger partial charge in [0.1, 0.15) is 5.76 Å². The van der Waals surface area contributed by atoms with Crippen molar-refractivity contribution in [1.29, 1.82) is 0 Å². The maximum atomic E-state index is 11.8. The number of anilines is 1. The Morgan fingerprint density at radius 2 is 2.35 bits per heavy atom. The zero-order chi connectivity index (χ0) is 12.4. The molecule has 6 heteroatoms. The summed E-state index contributed by atoms with van der Waals surface area (Å²) >= 11 is 0. The Morgan fingerprint density at radius 3 is 2.88 bits per heavy atom. The number of nitrogens with zero attached hydrogens (tertiary/aromatic N) is 2. The van der Waals surface area contributed by atoms with E-state index in [4.69, 9.17) is 10.2 Å². The minimum atomic E-state index is -0.305. The molecule has 2 rings (SSSR count). The Kier molecular flexibility index (Phi) is 2.97. The number of hydrogen-bond donors (Lipinski definition) is 2. The number of aryl methyl sites for hydroxylation is 2. The third-order valence-electron chi connectivity index (χ3n) is 2.35. The van der Waals surface area contributed by atoms with Crippen LogP contribution < -0.4 is 11.1 Å². The van der Waals surface area contributed by atoms with Crippen molar-refractivity contribution < 1.29 is 9.21 Å². The van der Waals surface area contributed by atoms with E-state index in [1.807, 2.05) is 6.92 Å². The fourth-order valence-electron chi connectivity index (χ4n) is 1.52. The first-order valence-corrected chi connectivity index (χ1v) is 5.20. The number of rotatable bonds is 3. The molecule has 0 fully saturated rings. The predicted molar refractivity (Wildman–Crippen MR) is 62.5 cm³/mol. The summed E-state index contributed by atoms with van der Waals surface area (Å²) in [7, 11) is 1.79. The summed E-state index contributed by atoms with van der Waals surface area (Å²) in [6, 6.07) is 3.29. The van der Waals surface area contributed by atoms with E-state index in [9.17, 15) is 4.79 Å². The molecule has 0 atom stereocenters. The van der Waals surface area contributed by atoms with E-state index in [1.54, 1.807) is 30.1 Å². The van der Waals surface area contributed by atoms with Crippen LogP contribution in [0.4, 0.5) is 5.69 Å². The van der Waals surface area contributed by atoms with Gasteiger partial charge in [-0.25, -0.2) is 0 Å². The highest BCUT2D eigenvalue weighted by Gasteiger charge is 2.13. The van der Waals surface area contributed by atoms with Crippen LogP contribution in [0.25, 0.3) is 0 Å². The highest BCUT2D eigenvalue weighted by Crippen LogP contribution is 2.14. The average Bonchev–Trinajstić information content (AvgIpc) is 2.86. The number of aromatic nitrogens is 2. The van der Waals surface area contributed by atoms with E-state index < -0.39 is 0 Å². The monoisotopic (exact) mass is 234 g/mol. The minimum absolute atomic E-state index is 0.244. The van der Waals surface area contributed by atoms with Crippen LogP contribution in [0.15, 0.2) is 22.7 Å². The number of carbonyl (C=O) groups is 1. The molecule has 0 aromatic carbocycles. The van der Waals surface area contributed by atoms with Crippen molar-refractivity contribution in [2.45, 2.75) is 13.5 Å². The summed E-state index contributed by atoms with van der Waals surface area (Å²) in [6.07, 6.45) is 1.74. The SMILES string of the molecule is Cc1nn(C)cc1NC(=O)c1ccc(CN)o1. The summed E-state index contributed by atoms with van der Waals surface area (Å²) in [6.45, 7) is 2.10. The van der Waals surface area contributed by atoms with Gasteiger partial charge in [0.25, 0.3) is 5.91 Å². The fraction of sp³-hybridized carbons (Fsp3) is 0.273. The van der Waals surface area contributed by atoms with E-state index in [2.05, 4.69) is 10.4 Å². The Morgan fingerprint density at radius 1 is 1.59 bits per heavy atom. The molecular weight excluding hydrogens is 220 g/mol. The molecule has 2 heterocycles. The van der Waals surface area contributed by atoms with Crippen molar-refractivity contribution in [3.63, 3.8) is 0 Å². The topological polar surface area (TPSA) is 86.1 Å². The lowest BCUT2D eigenvalue weighted by Gasteiger charge is -2.00. The van der Waals surface area contributed by atoms with Crippen molar-refractivity contribution >= 4 is 11.6 Å². The Hall–Kier alpha value is -2.08. The molecule has 0 radical (unpaired) electrons. The zero-order valence-electron chi connectivity index (χ0n) is 9.73. The first-order chi connectivity index (χ1) is 8.10.